The molecule has 0 spiro atoms. The van der Waals surface area contributed by atoms with Gasteiger partial charge in [-0.05, 0) is 0 Å². The molecule has 0 saturated carbocycles. The number of rotatable bonds is 2. The Hall–Kier alpha value is -0.280. The van der Waals surface area contributed by atoms with Crippen LogP contribution in [0.4, 0.5) is 0 Å². The first-order chi connectivity index (χ1) is 4.34. The Bertz CT molecular complexity index is 229. The minimum atomic E-state index is 0.0423. The third kappa shape index (κ3) is 1.56. The molecule has 4 heteroatoms. The molecule has 0 aliphatic heterocycles. The summed E-state index contributed by atoms with van der Waals surface area (Å²) in [4.78, 5) is 10.7. The highest BCUT2D eigenvalue weighted by atomic mass is 35.5. The summed E-state index contributed by atoms with van der Waals surface area (Å²) in [6.07, 6.45) is 0. The lowest BCUT2D eigenvalue weighted by Gasteiger charge is -1.90. The second-order valence-corrected chi connectivity index (χ2v) is 2.84. The first-order valence-corrected chi connectivity index (χ1v) is 3.92. The summed E-state index contributed by atoms with van der Waals surface area (Å²) in [6, 6.07) is 1.54. The van der Waals surface area contributed by atoms with Crippen LogP contribution in [0.5, 0.6) is 0 Å². The Morgan fingerprint density at radius 1 is 1.78 bits per heavy atom. The van der Waals surface area contributed by atoms with Crippen LogP contribution in [0.25, 0.3) is 0 Å². The van der Waals surface area contributed by atoms with E-state index in [4.69, 9.17) is 11.6 Å². The normalized spacial score (nSPS) is 9.89. The van der Waals surface area contributed by atoms with Gasteiger partial charge in [0.15, 0.2) is 0 Å². The molecule has 0 unspecified atom stereocenters. The molecule has 0 aromatic carbocycles. The summed E-state index contributed by atoms with van der Waals surface area (Å²) in [5.74, 6) is 0.500. The van der Waals surface area contributed by atoms with E-state index in [9.17, 15) is 4.79 Å². The van der Waals surface area contributed by atoms with Gasteiger partial charge >= 0.3 is 0 Å². The SMILES string of the molecule is O=c1ccsn1CCCl. The molecule has 50 valence electrons. The molecule has 0 bridgehead atoms. The fourth-order valence-electron chi connectivity index (χ4n) is 0.537. The summed E-state index contributed by atoms with van der Waals surface area (Å²) >= 11 is 6.81. The van der Waals surface area contributed by atoms with Gasteiger partial charge in [-0.3, -0.25) is 8.75 Å². The summed E-state index contributed by atoms with van der Waals surface area (Å²) in [7, 11) is 0. The highest BCUT2D eigenvalue weighted by Gasteiger charge is 1.92. The standard InChI is InChI=1S/C5H6ClNOS/c6-2-3-7-5(8)1-4-9-7/h1,4H,2-3H2. The van der Waals surface area contributed by atoms with E-state index in [1.165, 1.54) is 17.6 Å². The van der Waals surface area contributed by atoms with Gasteiger partial charge in [0.05, 0.1) is 6.54 Å². The fraction of sp³-hybridized carbons (Fsp3) is 0.400. The predicted molar refractivity (Wildman–Crippen MR) is 39.3 cm³/mol. The zero-order valence-corrected chi connectivity index (χ0v) is 6.28. The van der Waals surface area contributed by atoms with Gasteiger partial charge < -0.3 is 0 Å². The van der Waals surface area contributed by atoms with Crippen LogP contribution in [0.15, 0.2) is 16.2 Å². The first-order valence-electron chi connectivity index (χ1n) is 2.55. The van der Waals surface area contributed by atoms with E-state index in [0.29, 0.717) is 12.4 Å². The van der Waals surface area contributed by atoms with E-state index in [0.717, 1.165) is 0 Å². The highest BCUT2D eigenvalue weighted by molar-refractivity contribution is 7.04. The molecule has 9 heavy (non-hydrogen) atoms. The number of aromatic nitrogens is 1. The van der Waals surface area contributed by atoms with Crippen molar-refractivity contribution in [2.75, 3.05) is 5.88 Å². The van der Waals surface area contributed by atoms with E-state index >= 15 is 0 Å². The van der Waals surface area contributed by atoms with Crippen LogP contribution >= 0.6 is 23.1 Å². The maximum Gasteiger partial charge on any atom is 0.260 e. The number of aryl methyl sites for hydroxylation is 1. The molecule has 2 nitrogen and oxygen atoms in total. The highest BCUT2D eigenvalue weighted by Crippen LogP contribution is 1.92. The smallest absolute Gasteiger partial charge is 0.260 e. The van der Waals surface area contributed by atoms with Crippen LogP contribution in [-0.4, -0.2) is 9.84 Å². The number of hydrogen-bond acceptors (Lipinski definition) is 2. The molecule has 0 amide bonds. The second kappa shape index (κ2) is 3.03. The molecule has 1 aromatic rings. The Labute approximate surface area is 61.8 Å². The number of nitrogens with zero attached hydrogens (tertiary/aromatic N) is 1. The van der Waals surface area contributed by atoms with Crippen LogP contribution in [0.3, 0.4) is 0 Å². The zero-order chi connectivity index (χ0) is 6.69. The van der Waals surface area contributed by atoms with E-state index in [1.807, 2.05) is 0 Å². The van der Waals surface area contributed by atoms with Crippen LogP contribution in [0, 0.1) is 0 Å². The molecule has 1 rings (SSSR count). The van der Waals surface area contributed by atoms with Gasteiger partial charge in [-0.15, -0.1) is 11.6 Å². The molecule has 1 aromatic heterocycles. The lowest BCUT2D eigenvalue weighted by Crippen LogP contribution is -2.12. The summed E-state index contributed by atoms with van der Waals surface area (Å²) in [5, 5.41) is 1.76. The van der Waals surface area contributed by atoms with Crippen molar-refractivity contribution in [3.05, 3.63) is 21.8 Å². The largest absolute Gasteiger partial charge is 0.268 e. The number of hydrogen-bond donors (Lipinski definition) is 0. The van der Waals surface area contributed by atoms with E-state index in [2.05, 4.69) is 0 Å². The molecule has 1 heterocycles. The molecule has 0 saturated heterocycles. The lowest BCUT2D eigenvalue weighted by molar-refractivity contribution is 0.816. The van der Waals surface area contributed by atoms with Crippen molar-refractivity contribution >= 4 is 23.1 Å². The third-order valence-electron chi connectivity index (χ3n) is 0.932. The van der Waals surface area contributed by atoms with Crippen molar-refractivity contribution in [3.63, 3.8) is 0 Å². The zero-order valence-electron chi connectivity index (χ0n) is 4.71. The molecule has 0 fully saturated rings. The summed E-state index contributed by atoms with van der Waals surface area (Å²) < 4.78 is 1.62. The number of alkyl halides is 1. The average Bonchev–Trinajstić information content (AvgIpc) is 2.18. The molecule has 0 atom stereocenters. The van der Waals surface area contributed by atoms with Crippen molar-refractivity contribution in [1.82, 2.24) is 3.96 Å². The molecule has 0 aliphatic rings. The number of halogens is 1. The van der Waals surface area contributed by atoms with E-state index < -0.39 is 0 Å². The Morgan fingerprint density at radius 3 is 3.00 bits per heavy atom. The van der Waals surface area contributed by atoms with Gasteiger partial charge in [0.2, 0.25) is 0 Å². The molecule has 0 N–H and O–H groups in total. The third-order valence-corrected chi connectivity index (χ3v) is 1.98. The first kappa shape index (κ1) is 6.83. The van der Waals surface area contributed by atoms with Crippen molar-refractivity contribution in [1.29, 1.82) is 0 Å². The quantitative estimate of drug-likeness (QED) is 0.600. The van der Waals surface area contributed by atoms with Gasteiger partial charge in [-0.2, -0.15) is 0 Å². The Balaban J connectivity index is 2.81. The summed E-state index contributed by atoms with van der Waals surface area (Å²) in [6.45, 7) is 0.623. The maximum absolute atomic E-state index is 10.7. The van der Waals surface area contributed by atoms with E-state index in [1.54, 1.807) is 9.34 Å². The van der Waals surface area contributed by atoms with Crippen LogP contribution in [0.2, 0.25) is 0 Å². The second-order valence-electron chi connectivity index (χ2n) is 1.54. The van der Waals surface area contributed by atoms with Crippen LogP contribution < -0.4 is 5.56 Å². The lowest BCUT2D eigenvalue weighted by atomic mass is 10.7. The molecular formula is C5H6ClNOS. The molecule has 0 aliphatic carbocycles. The van der Waals surface area contributed by atoms with Gasteiger partial charge in [0.25, 0.3) is 5.56 Å². The van der Waals surface area contributed by atoms with Crippen molar-refractivity contribution < 1.29 is 0 Å². The maximum atomic E-state index is 10.7. The Morgan fingerprint density at radius 2 is 2.56 bits per heavy atom. The van der Waals surface area contributed by atoms with Crippen molar-refractivity contribution in [2.24, 2.45) is 0 Å². The molecule has 0 radical (unpaired) electrons. The Kier molecular flexibility index (Phi) is 2.30. The average molecular weight is 164 g/mol. The minimum Gasteiger partial charge on any atom is -0.268 e. The van der Waals surface area contributed by atoms with E-state index in [-0.39, 0.29) is 5.56 Å². The monoisotopic (exact) mass is 163 g/mol. The van der Waals surface area contributed by atoms with Crippen molar-refractivity contribution in [2.45, 2.75) is 6.54 Å². The predicted octanol–water partition coefficient (Wildman–Crippen LogP) is 1.15. The van der Waals surface area contributed by atoms with Gasteiger partial charge in [0.1, 0.15) is 0 Å². The topological polar surface area (TPSA) is 22.0 Å². The fourth-order valence-corrected chi connectivity index (χ4v) is 1.49. The van der Waals surface area contributed by atoms with Gasteiger partial charge in [-0.1, -0.05) is 11.5 Å². The van der Waals surface area contributed by atoms with Gasteiger partial charge in [0, 0.05) is 17.3 Å². The van der Waals surface area contributed by atoms with Crippen molar-refractivity contribution in [3.8, 4) is 0 Å². The van der Waals surface area contributed by atoms with Crippen LogP contribution in [0.1, 0.15) is 0 Å². The van der Waals surface area contributed by atoms with Crippen LogP contribution in [-0.2, 0) is 6.54 Å². The van der Waals surface area contributed by atoms with Gasteiger partial charge in [-0.25, -0.2) is 0 Å². The summed E-state index contributed by atoms with van der Waals surface area (Å²) in [5.41, 5.74) is 0.0423. The minimum absolute atomic E-state index is 0.0423. The molecular weight excluding hydrogens is 158 g/mol.